The highest BCUT2D eigenvalue weighted by Gasteiger charge is 2.34. The van der Waals surface area contributed by atoms with Gasteiger partial charge in [0.05, 0.1) is 12.0 Å². The molecular weight excluding hydrogens is 296 g/mol. The topological polar surface area (TPSA) is 41.6 Å². The van der Waals surface area contributed by atoms with Crippen molar-refractivity contribution in [3.63, 3.8) is 0 Å². The first kappa shape index (κ1) is 15.4. The molecule has 3 aliphatic heterocycles. The largest absolute Gasteiger partial charge is 0.496 e. The first-order valence-corrected chi connectivity index (χ1v) is 8.63. The van der Waals surface area contributed by atoms with Crippen LogP contribution in [0.5, 0.6) is 5.75 Å². The van der Waals surface area contributed by atoms with Crippen LogP contribution in [-0.2, 0) is 4.79 Å². The summed E-state index contributed by atoms with van der Waals surface area (Å²) in [5, 5.41) is 4.98. The van der Waals surface area contributed by atoms with Crippen molar-refractivity contribution in [2.24, 2.45) is 5.92 Å². The molecule has 1 N–H and O–H groups in total. The van der Waals surface area contributed by atoms with Crippen molar-refractivity contribution >= 4 is 17.7 Å². The van der Waals surface area contributed by atoms with Crippen LogP contribution in [0.1, 0.15) is 12.8 Å². The maximum atomic E-state index is 12.1. The van der Waals surface area contributed by atoms with E-state index < -0.39 is 0 Å². The van der Waals surface area contributed by atoms with E-state index in [4.69, 9.17) is 4.74 Å². The van der Waals surface area contributed by atoms with Crippen molar-refractivity contribution < 1.29 is 9.53 Å². The van der Waals surface area contributed by atoms with Gasteiger partial charge in [-0.15, -0.1) is 0 Å². The molecule has 0 spiro atoms. The number of methoxy groups -OCH3 is 1. The van der Waals surface area contributed by atoms with E-state index in [1.165, 1.54) is 37.7 Å². The number of benzene rings is 1. The number of piperidine rings is 3. The molecule has 0 radical (unpaired) electrons. The predicted molar refractivity (Wildman–Crippen MR) is 89.1 cm³/mol. The molecule has 1 aromatic carbocycles. The van der Waals surface area contributed by atoms with Gasteiger partial charge in [-0.25, -0.2) is 0 Å². The van der Waals surface area contributed by atoms with Crippen molar-refractivity contribution in [1.82, 2.24) is 10.2 Å². The summed E-state index contributed by atoms with van der Waals surface area (Å²) in [4.78, 5) is 15.5. The van der Waals surface area contributed by atoms with Crippen LogP contribution in [0.15, 0.2) is 40.6 Å². The summed E-state index contributed by atoms with van der Waals surface area (Å²) in [6.07, 6.45) is 4.05. The molecule has 3 aliphatic rings. The molecular formula is C17H22N2O2S. The zero-order chi connectivity index (χ0) is 15.4. The number of hydrogen-bond donors (Lipinski definition) is 1. The van der Waals surface area contributed by atoms with Crippen LogP contribution in [0.2, 0.25) is 0 Å². The van der Waals surface area contributed by atoms with Gasteiger partial charge in [-0.1, -0.05) is 23.9 Å². The standard InChI is InChI=1S/C17H22N2O2S/c1-21-15-4-2-3-5-16(15)22-11-8-17(20)18-14-12-19-9-6-13(14)7-10-19/h2-5,8,11,13-14H,6-7,9-10,12H2,1H3,(H,18,20). The van der Waals surface area contributed by atoms with Crippen LogP contribution in [0, 0.1) is 5.92 Å². The van der Waals surface area contributed by atoms with E-state index in [2.05, 4.69) is 10.2 Å². The molecule has 0 saturated carbocycles. The summed E-state index contributed by atoms with van der Waals surface area (Å²) in [7, 11) is 1.66. The number of amides is 1. The quantitative estimate of drug-likeness (QED) is 0.669. The lowest BCUT2D eigenvalue weighted by atomic mass is 9.84. The predicted octanol–water partition coefficient (Wildman–Crippen LogP) is 2.51. The summed E-state index contributed by atoms with van der Waals surface area (Å²) in [5.74, 6) is 1.49. The number of rotatable bonds is 5. The van der Waals surface area contributed by atoms with E-state index in [9.17, 15) is 4.79 Å². The molecule has 3 heterocycles. The highest BCUT2D eigenvalue weighted by Crippen LogP contribution is 2.29. The Hall–Kier alpha value is -1.46. The number of ether oxygens (including phenoxy) is 1. The number of carbonyl (C=O) groups is 1. The van der Waals surface area contributed by atoms with Gasteiger partial charge in [0.1, 0.15) is 5.75 Å². The van der Waals surface area contributed by atoms with Gasteiger partial charge in [0.2, 0.25) is 5.91 Å². The lowest BCUT2D eigenvalue weighted by Gasteiger charge is -2.44. The Bertz CT molecular complexity index is 553. The third kappa shape index (κ3) is 3.65. The molecule has 1 aromatic rings. The molecule has 1 atom stereocenters. The summed E-state index contributed by atoms with van der Waals surface area (Å²) >= 11 is 1.50. The first-order chi connectivity index (χ1) is 10.8. The van der Waals surface area contributed by atoms with Gasteiger partial charge in [-0.3, -0.25) is 4.79 Å². The van der Waals surface area contributed by atoms with E-state index in [0.29, 0.717) is 12.0 Å². The van der Waals surface area contributed by atoms with Crippen LogP contribution in [0.3, 0.4) is 0 Å². The van der Waals surface area contributed by atoms with E-state index >= 15 is 0 Å². The minimum absolute atomic E-state index is 0.00106. The van der Waals surface area contributed by atoms with Gasteiger partial charge in [-0.05, 0) is 49.4 Å². The van der Waals surface area contributed by atoms with Gasteiger partial charge in [-0.2, -0.15) is 0 Å². The Morgan fingerprint density at radius 1 is 1.36 bits per heavy atom. The van der Waals surface area contributed by atoms with Crippen molar-refractivity contribution in [2.45, 2.75) is 23.8 Å². The summed E-state index contributed by atoms with van der Waals surface area (Å²) in [6.45, 7) is 3.39. The number of thioether (sulfide) groups is 1. The minimum Gasteiger partial charge on any atom is -0.496 e. The monoisotopic (exact) mass is 318 g/mol. The molecule has 1 unspecified atom stereocenters. The molecule has 4 rings (SSSR count). The third-order valence-corrected chi connectivity index (χ3v) is 5.33. The zero-order valence-corrected chi connectivity index (χ0v) is 13.6. The summed E-state index contributed by atoms with van der Waals surface area (Å²) < 4.78 is 5.30. The number of fused-ring (bicyclic) bond motifs is 3. The summed E-state index contributed by atoms with van der Waals surface area (Å²) in [6, 6.07) is 8.12. The molecule has 118 valence electrons. The number of nitrogens with one attached hydrogen (secondary N) is 1. The summed E-state index contributed by atoms with van der Waals surface area (Å²) in [5.41, 5.74) is 0. The van der Waals surface area contributed by atoms with Gasteiger partial charge in [0.15, 0.2) is 0 Å². The Labute approximate surface area is 135 Å². The Kier molecular flexibility index (Phi) is 5.05. The number of hydrogen-bond acceptors (Lipinski definition) is 4. The van der Waals surface area contributed by atoms with Crippen molar-refractivity contribution in [3.05, 3.63) is 35.7 Å². The molecule has 1 amide bonds. The molecule has 3 saturated heterocycles. The molecule has 0 aliphatic carbocycles. The second kappa shape index (κ2) is 7.20. The van der Waals surface area contributed by atoms with E-state index in [0.717, 1.165) is 17.2 Å². The fourth-order valence-electron chi connectivity index (χ4n) is 3.24. The Morgan fingerprint density at radius 2 is 2.14 bits per heavy atom. The minimum atomic E-state index is 0.00106. The fourth-order valence-corrected chi connectivity index (χ4v) is 4.01. The second-order valence-corrected chi connectivity index (χ2v) is 6.77. The second-order valence-electron chi connectivity index (χ2n) is 5.82. The number of carbonyl (C=O) groups excluding carboxylic acids is 1. The molecule has 3 fully saturated rings. The first-order valence-electron chi connectivity index (χ1n) is 7.75. The normalized spacial score (nSPS) is 27.0. The van der Waals surface area contributed by atoms with Crippen LogP contribution >= 0.6 is 11.8 Å². The van der Waals surface area contributed by atoms with Gasteiger partial charge >= 0.3 is 0 Å². The van der Waals surface area contributed by atoms with Gasteiger partial charge in [0.25, 0.3) is 0 Å². The van der Waals surface area contributed by atoms with E-state index in [1.54, 1.807) is 13.2 Å². The average Bonchev–Trinajstić information content (AvgIpc) is 2.56. The number of nitrogens with zero attached hydrogens (tertiary/aromatic N) is 1. The molecule has 5 heteroatoms. The van der Waals surface area contributed by atoms with Crippen molar-refractivity contribution in [2.75, 3.05) is 26.7 Å². The lowest BCUT2D eigenvalue weighted by molar-refractivity contribution is -0.118. The Balaban J connectivity index is 1.51. The van der Waals surface area contributed by atoms with Crippen LogP contribution in [0.4, 0.5) is 0 Å². The molecule has 4 nitrogen and oxygen atoms in total. The smallest absolute Gasteiger partial charge is 0.244 e. The van der Waals surface area contributed by atoms with E-state index in [-0.39, 0.29) is 5.91 Å². The molecule has 22 heavy (non-hydrogen) atoms. The highest BCUT2D eigenvalue weighted by atomic mass is 32.2. The molecule has 2 bridgehead atoms. The lowest BCUT2D eigenvalue weighted by Crippen LogP contribution is -2.57. The SMILES string of the molecule is COc1ccccc1SC=CC(=O)NC1CN2CCC1CC2. The zero-order valence-electron chi connectivity index (χ0n) is 12.8. The fraction of sp³-hybridized carbons (Fsp3) is 0.471. The maximum absolute atomic E-state index is 12.1. The van der Waals surface area contributed by atoms with Gasteiger partial charge in [0, 0.05) is 18.7 Å². The highest BCUT2D eigenvalue weighted by molar-refractivity contribution is 8.02. The van der Waals surface area contributed by atoms with Crippen molar-refractivity contribution in [3.8, 4) is 5.75 Å². The molecule has 0 aromatic heterocycles. The van der Waals surface area contributed by atoms with Crippen molar-refractivity contribution in [1.29, 1.82) is 0 Å². The van der Waals surface area contributed by atoms with Gasteiger partial charge < -0.3 is 15.0 Å². The van der Waals surface area contributed by atoms with Crippen LogP contribution in [0.25, 0.3) is 0 Å². The maximum Gasteiger partial charge on any atom is 0.244 e. The average molecular weight is 318 g/mol. The third-order valence-electron chi connectivity index (χ3n) is 4.47. The number of para-hydroxylation sites is 1. The van der Waals surface area contributed by atoms with Crippen LogP contribution in [-0.4, -0.2) is 43.6 Å². The Morgan fingerprint density at radius 3 is 2.82 bits per heavy atom. The van der Waals surface area contributed by atoms with E-state index in [1.807, 2.05) is 29.7 Å². The van der Waals surface area contributed by atoms with Crippen LogP contribution < -0.4 is 10.1 Å².